The molecular formula is C17H27FO2Si. The zero-order valence-electron chi connectivity index (χ0n) is 13.7. The Labute approximate surface area is 128 Å². The molecular weight excluding hydrogens is 283 g/mol. The molecule has 1 N–H and O–H groups in total. The molecule has 118 valence electrons. The third kappa shape index (κ3) is 3.55. The first-order chi connectivity index (χ1) is 9.62. The van der Waals surface area contributed by atoms with Gasteiger partial charge in [0.1, 0.15) is 5.82 Å². The average Bonchev–Trinajstić information content (AvgIpc) is 2.64. The Morgan fingerprint density at radius 3 is 2.62 bits per heavy atom. The van der Waals surface area contributed by atoms with Gasteiger partial charge in [-0.25, -0.2) is 4.39 Å². The SMILES string of the molecule is CC(C)(C)[Si](C)(C)OCCC1Cc2cc(F)ccc2C1O. The molecule has 0 amide bonds. The normalized spacial score (nSPS) is 22.4. The van der Waals surface area contributed by atoms with Crippen LogP contribution >= 0.6 is 0 Å². The molecule has 21 heavy (non-hydrogen) atoms. The summed E-state index contributed by atoms with van der Waals surface area (Å²) in [5, 5.41) is 10.6. The first-order valence-corrected chi connectivity index (χ1v) is 10.6. The first-order valence-electron chi connectivity index (χ1n) is 7.72. The van der Waals surface area contributed by atoms with Gasteiger partial charge in [0, 0.05) is 6.61 Å². The summed E-state index contributed by atoms with van der Waals surface area (Å²) < 4.78 is 19.4. The van der Waals surface area contributed by atoms with E-state index in [9.17, 15) is 9.50 Å². The average molecular weight is 310 g/mol. The molecule has 0 aliphatic heterocycles. The van der Waals surface area contributed by atoms with Crippen molar-refractivity contribution in [3.05, 3.63) is 35.1 Å². The molecule has 0 fully saturated rings. The number of hydrogen-bond acceptors (Lipinski definition) is 2. The van der Waals surface area contributed by atoms with Gasteiger partial charge in [-0.05, 0) is 60.2 Å². The molecule has 0 saturated carbocycles. The molecule has 2 unspecified atom stereocenters. The molecule has 0 spiro atoms. The minimum atomic E-state index is -1.73. The largest absolute Gasteiger partial charge is 0.417 e. The highest BCUT2D eigenvalue weighted by molar-refractivity contribution is 6.74. The van der Waals surface area contributed by atoms with Crippen LogP contribution in [0.3, 0.4) is 0 Å². The lowest BCUT2D eigenvalue weighted by Gasteiger charge is -2.36. The fraction of sp³-hybridized carbons (Fsp3) is 0.647. The van der Waals surface area contributed by atoms with Crippen LogP contribution in [0.1, 0.15) is 44.4 Å². The molecule has 1 aromatic rings. The van der Waals surface area contributed by atoms with Crippen molar-refractivity contribution in [2.45, 2.75) is 57.8 Å². The van der Waals surface area contributed by atoms with Crippen LogP contribution in [0, 0.1) is 11.7 Å². The van der Waals surface area contributed by atoms with Gasteiger partial charge in [0.25, 0.3) is 0 Å². The van der Waals surface area contributed by atoms with E-state index in [1.165, 1.54) is 6.07 Å². The van der Waals surface area contributed by atoms with E-state index in [1.807, 2.05) is 0 Å². The Kier molecular flexibility index (Phi) is 4.62. The summed E-state index contributed by atoms with van der Waals surface area (Å²) in [5.74, 6) is -0.0781. The predicted molar refractivity (Wildman–Crippen MR) is 86.3 cm³/mol. The van der Waals surface area contributed by atoms with E-state index in [4.69, 9.17) is 4.43 Å². The van der Waals surface area contributed by atoms with Crippen LogP contribution < -0.4 is 0 Å². The smallest absolute Gasteiger partial charge is 0.191 e. The molecule has 4 heteroatoms. The van der Waals surface area contributed by atoms with Crippen molar-refractivity contribution in [3.8, 4) is 0 Å². The van der Waals surface area contributed by atoms with Gasteiger partial charge in [-0.2, -0.15) is 0 Å². The predicted octanol–water partition coefficient (Wildman–Crippen LogP) is 4.44. The quantitative estimate of drug-likeness (QED) is 0.833. The molecule has 2 atom stereocenters. The van der Waals surface area contributed by atoms with Crippen molar-refractivity contribution in [3.63, 3.8) is 0 Å². The van der Waals surface area contributed by atoms with Crippen molar-refractivity contribution >= 4 is 8.32 Å². The van der Waals surface area contributed by atoms with Crippen LogP contribution in [0.15, 0.2) is 18.2 Å². The van der Waals surface area contributed by atoms with Crippen molar-refractivity contribution in [2.75, 3.05) is 6.61 Å². The van der Waals surface area contributed by atoms with Gasteiger partial charge in [-0.1, -0.05) is 26.8 Å². The molecule has 1 aliphatic carbocycles. The summed E-state index contributed by atoms with van der Waals surface area (Å²) in [5.41, 5.74) is 1.83. The molecule has 1 aliphatic rings. The highest BCUT2D eigenvalue weighted by atomic mass is 28.4. The number of hydrogen-bond donors (Lipinski definition) is 1. The molecule has 0 bridgehead atoms. The summed E-state index contributed by atoms with van der Waals surface area (Å²) in [7, 11) is -1.73. The Morgan fingerprint density at radius 2 is 2.00 bits per heavy atom. The highest BCUT2D eigenvalue weighted by Crippen LogP contribution is 2.40. The number of benzene rings is 1. The van der Waals surface area contributed by atoms with E-state index in [2.05, 4.69) is 33.9 Å². The third-order valence-electron chi connectivity index (χ3n) is 5.11. The van der Waals surface area contributed by atoms with E-state index in [1.54, 1.807) is 12.1 Å². The second-order valence-corrected chi connectivity index (χ2v) is 12.5. The number of aliphatic hydroxyl groups is 1. The Bertz CT molecular complexity index is 508. The van der Waals surface area contributed by atoms with Gasteiger partial charge in [0.2, 0.25) is 0 Å². The number of halogens is 1. The first kappa shape index (κ1) is 16.7. The third-order valence-corrected chi connectivity index (χ3v) is 9.65. The lowest BCUT2D eigenvalue weighted by molar-refractivity contribution is 0.105. The van der Waals surface area contributed by atoms with E-state index < -0.39 is 14.4 Å². The van der Waals surface area contributed by atoms with Crippen molar-refractivity contribution in [1.82, 2.24) is 0 Å². The van der Waals surface area contributed by atoms with Crippen LogP contribution in [-0.2, 0) is 10.8 Å². The maximum Gasteiger partial charge on any atom is 0.191 e. The number of aliphatic hydroxyl groups excluding tert-OH is 1. The van der Waals surface area contributed by atoms with E-state index >= 15 is 0 Å². The van der Waals surface area contributed by atoms with Crippen molar-refractivity contribution < 1.29 is 13.9 Å². The minimum absolute atomic E-state index is 0.145. The van der Waals surface area contributed by atoms with Crippen LogP contribution in [0.25, 0.3) is 0 Å². The monoisotopic (exact) mass is 310 g/mol. The zero-order valence-corrected chi connectivity index (χ0v) is 14.7. The second-order valence-electron chi connectivity index (χ2n) is 7.65. The fourth-order valence-electron chi connectivity index (χ4n) is 2.63. The van der Waals surface area contributed by atoms with Gasteiger partial charge >= 0.3 is 0 Å². The van der Waals surface area contributed by atoms with Gasteiger partial charge in [0.15, 0.2) is 8.32 Å². The Hall–Kier alpha value is -0.713. The van der Waals surface area contributed by atoms with Gasteiger partial charge < -0.3 is 9.53 Å². The van der Waals surface area contributed by atoms with E-state index in [0.717, 1.165) is 24.0 Å². The van der Waals surface area contributed by atoms with Gasteiger partial charge in [0.05, 0.1) is 6.10 Å². The van der Waals surface area contributed by atoms with Crippen LogP contribution in [0.4, 0.5) is 4.39 Å². The molecule has 2 rings (SSSR count). The molecule has 0 radical (unpaired) electrons. The summed E-state index contributed by atoms with van der Waals surface area (Å²) in [6.45, 7) is 11.8. The highest BCUT2D eigenvalue weighted by Gasteiger charge is 2.38. The van der Waals surface area contributed by atoms with Crippen LogP contribution in [-0.4, -0.2) is 20.0 Å². The van der Waals surface area contributed by atoms with Crippen molar-refractivity contribution in [1.29, 1.82) is 0 Å². The molecule has 0 saturated heterocycles. The number of rotatable bonds is 4. The van der Waals surface area contributed by atoms with Gasteiger partial charge in [-0.3, -0.25) is 0 Å². The van der Waals surface area contributed by atoms with Gasteiger partial charge in [-0.15, -0.1) is 0 Å². The second kappa shape index (κ2) is 5.82. The van der Waals surface area contributed by atoms with Crippen molar-refractivity contribution in [2.24, 2.45) is 5.92 Å². The summed E-state index contributed by atoms with van der Waals surface area (Å²) >= 11 is 0. The van der Waals surface area contributed by atoms with E-state index in [0.29, 0.717) is 6.61 Å². The fourth-order valence-corrected chi connectivity index (χ4v) is 3.69. The van der Waals surface area contributed by atoms with Crippen LogP contribution in [0.2, 0.25) is 18.1 Å². The Morgan fingerprint density at radius 1 is 1.33 bits per heavy atom. The lowest BCUT2D eigenvalue weighted by Crippen LogP contribution is -2.41. The number of fused-ring (bicyclic) bond motifs is 1. The summed E-state index contributed by atoms with van der Waals surface area (Å²) in [6.07, 6.45) is 1.09. The Balaban J connectivity index is 1.92. The topological polar surface area (TPSA) is 29.5 Å². The minimum Gasteiger partial charge on any atom is -0.417 e. The van der Waals surface area contributed by atoms with Crippen LogP contribution in [0.5, 0.6) is 0 Å². The zero-order chi connectivity index (χ0) is 15.8. The lowest BCUT2D eigenvalue weighted by atomic mass is 10.0. The molecule has 0 heterocycles. The molecule has 0 aromatic heterocycles. The standard InChI is InChI=1S/C17H27FO2Si/c1-17(2,3)21(4,5)20-9-8-12-10-13-11-14(18)6-7-15(13)16(12)19/h6-7,11-12,16,19H,8-10H2,1-5H3. The molecule has 2 nitrogen and oxygen atoms in total. The maximum absolute atomic E-state index is 13.3. The summed E-state index contributed by atoms with van der Waals surface area (Å²) in [4.78, 5) is 0. The summed E-state index contributed by atoms with van der Waals surface area (Å²) in [6, 6.07) is 4.69. The van der Waals surface area contributed by atoms with E-state index in [-0.39, 0.29) is 16.8 Å². The maximum atomic E-state index is 13.3. The molecule has 1 aromatic carbocycles.